The minimum Gasteiger partial charge on any atom is -0.483 e. The van der Waals surface area contributed by atoms with Gasteiger partial charge in [0.25, 0.3) is 0 Å². The van der Waals surface area contributed by atoms with E-state index in [0.29, 0.717) is 6.61 Å². The number of aromatic nitrogens is 3. The number of benzene rings is 1. The lowest BCUT2D eigenvalue weighted by atomic mass is 10.2. The maximum absolute atomic E-state index is 5.46. The van der Waals surface area contributed by atoms with E-state index in [4.69, 9.17) is 4.74 Å². The van der Waals surface area contributed by atoms with Gasteiger partial charge in [-0.2, -0.15) is 0 Å². The molecule has 1 aromatic heterocycles. The minimum atomic E-state index is 0.466. The van der Waals surface area contributed by atoms with Gasteiger partial charge < -0.3 is 4.74 Å². The second-order valence-electron chi connectivity index (χ2n) is 2.81. The zero-order valence-corrected chi connectivity index (χ0v) is 6.77. The van der Waals surface area contributed by atoms with Gasteiger partial charge in [0.05, 0.1) is 5.69 Å². The van der Waals surface area contributed by atoms with E-state index < -0.39 is 0 Å². The molecule has 0 atom stereocenters. The quantitative estimate of drug-likeness (QED) is 0.594. The van der Waals surface area contributed by atoms with E-state index >= 15 is 0 Å². The zero-order chi connectivity index (χ0) is 8.67. The molecule has 0 aliphatic carbocycles. The van der Waals surface area contributed by atoms with E-state index in [2.05, 4.69) is 16.5 Å². The van der Waals surface area contributed by atoms with E-state index in [1.165, 1.54) is 0 Å². The van der Waals surface area contributed by atoms with Crippen LogP contribution in [0, 0.1) is 6.33 Å². The molecular weight excluding hydrogens is 166 g/mol. The molecule has 0 bridgehead atoms. The standard InChI is InChI=1S/C9H6N3O/c1-2-4-8-7(3-1)12-6-10-11-9(12)5-13-8/h1-4H,5H2. The average molecular weight is 172 g/mol. The Morgan fingerprint density at radius 3 is 3.31 bits per heavy atom. The molecule has 1 aliphatic heterocycles. The highest BCUT2D eigenvalue weighted by Crippen LogP contribution is 2.27. The van der Waals surface area contributed by atoms with Crippen LogP contribution in [0.25, 0.3) is 5.69 Å². The molecule has 3 rings (SSSR count). The first-order valence-electron chi connectivity index (χ1n) is 3.99. The van der Waals surface area contributed by atoms with Crippen LogP contribution in [0.3, 0.4) is 0 Å². The van der Waals surface area contributed by atoms with Gasteiger partial charge in [0, 0.05) is 0 Å². The number of fused-ring (bicyclic) bond motifs is 3. The molecule has 0 saturated heterocycles. The van der Waals surface area contributed by atoms with Crippen molar-refractivity contribution in [2.75, 3.05) is 0 Å². The van der Waals surface area contributed by atoms with Crippen molar-refractivity contribution < 1.29 is 4.74 Å². The van der Waals surface area contributed by atoms with Crippen LogP contribution in [-0.2, 0) is 6.61 Å². The molecule has 0 unspecified atom stereocenters. The van der Waals surface area contributed by atoms with Gasteiger partial charge in [-0.25, -0.2) is 0 Å². The van der Waals surface area contributed by atoms with E-state index in [1.807, 2.05) is 28.8 Å². The summed E-state index contributed by atoms with van der Waals surface area (Å²) in [4.78, 5) is 0. The Morgan fingerprint density at radius 1 is 1.38 bits per heavy atom. The van der Waals surface area contributed by atoms with Crippen molar-refractivity contribution in [2.24, 2.45) is 0 Å². The molecular formula is C9H6N3O. The topological polar surface area (TPSA) is 39.9 Å². The molecule has 0 N–H and O–H groups in total. The highest BCUT2D eigenvalue weighted by molar-refractivity contribution is 5.48. The molecule has 0 fully saturated rings. The van der Waals surface area contributed by atoms with Crippen LogP contribution in [-0.4, -0.2) is 14.8 Å². The van der Waals surface area contributed by atoms with E-state index in [1.54, 1.807) is 0 Å². The van der Waals surface area contributed by atoms with Crippen LogP contribution in [0.15, 0.2) is 24.3 Å². The Bertz CT molecular complexity index is 450. The Kier molecular flexibility index (Phi) is 1.19. The third-order valence-corrected chi connectivity index (χ3v) is 2.03. The molecule has 1 aromatic carbocycles. The molecule has 4 heteroatoms. The predicted octanol–water partition coefficient (Wildman–Crippen LogP) is 0.960. The van der Waals surface area contributed by atoms with Crippen molar-refractivity contribution in [1.29, 1.82) is 0 Å². The Morgan fingerprint density at radius 2 is 2.31 bits per heavy atom. The van der Waals surface area contributed by atoms with Crippen molar-refractivity contribution in [2.45, 2.75) is 6.61 Å². The van der Waals surface area contributed by atoms with Crippen molar-refractivity contribution in [3.8, 4) is 11.4 Å². The maximum Gasteiger partial charge on any atom is 0.207 e. The summed E-state index contributed by atoms with van der Waals surface area (Å²) in [6, 6.07) is 7.77. The average Bonchev–Trinajstić information content (AvgIpc) is 2.65. The Hall–Kier alpha value is -1.84. The summed E-state index contributed by atoms with van der Waals surface area (Å²) < 4.78 is 7.28. The Labute approximate surface area is 74.8 Å². The summed E-state index contributed by atoms with van der Waals surface area (Å²) in [5.74, 6) is 1.64. The summed E-state index contributed by atoms with van der Waals surface area (Å²) in [5.41, 5.74) is 0.953. The summed E-state index contributed by atoms with van der Waals surface area (Å²) in [7, 11) is 0. The van der Waals surface area contributed by atoms with Crippen LogP contribution < -0.4 is 4.74 Å². The van der Waals surface area contributed by atoms with Crippen LogP contribution >= 0.6 is 0 Å². The fourth-order valence-electron chi connectivity index (χ4n) is 1.42. The number of ether oxygens (including phenoxy) is 1. The highest BCUT2D eigenvalue weighted by Gasteiger charge is 2.16. The molecule has 1 aliphatic rings. The summed E-state index contributed by atoms with van der Waals surface area (Å²) >= 11 is 0. The van der Waals surface area contributed by atoms with Crippen molar-refractivity contribution >= 4 is 0 Å². The molecule has 1 radical (unpaired) electrons. The number of hydrogen-bond donors (Lipinski definition) is 0. The normalized spacial score (nSPS) is 12.9. The van der Waals surface area contributed by atoms with Crippen molar-refractivity contribution in [1.82, 2.24) is 14.8 Å². The molecule has 63 valence electrons. The fourth-order valence-corrected chi connectivity index (χ4v) is 1.42. The summed E-state index contributed by atoms with van der Waals surface area (Å²) in [6.45, 7) is 0.466. The number of nitrogens with zero attached hydrogens (tertiary/aromatic N) is 3. The van der Waals surface area contributed by atoms with Crippen LogP contribution in [0.1, 0.15) is 5.82 Å². The van der Waals surface area contributed by atoms with Crippen molar-refractivity contribution in [3.05, 3.63) is 36.4 Å². The van der Waals surface area contributed by atoms with Gasteiger partial charge >= 0.3 is 0 Å². The van der Waals surface area contributed by atoms with Gasteiger partial charge in [0.15, 0.2) is 5.82 Å². The lowest BCUT2D eigenvalue weighted by Gasteiger charge is -2.17. The first-order valence-corrected chi connectivity index (χ1v) is 3.99. The maximum atomic E-state index is 5.46. The number of hydrogen-bond acceptors (Lipinski definition) is 3. The van der Waals surface area contributed by atoms with E-state index in [9.17, 15) is 0 Å². The van der Waals surface area contributed by atoms with Crippen LogP contribution in [0.4, 0.5) is 0 Å². The molecule has 0 amide bonds. The first-order chi connectivity index (χ1) is 6.45. The molecule has 0 saturated carbocycles. The zero-order valence-electron chi connectivity index (χ0n) is 6.77. The van der Waals surface area contributed by atoms with Gasteiger partial charge in [-0.1, -0.05) is 12.1 Å². The monoisotopic (exact) mass is 172 g/mol. The number of para-hydroxylation sites is 2. The first kappa shape index (κ1) is 6.65. The van der Waals surface area contributed by atoms with Gasteiger partial charge in [0.2, 0.25) is 6.33 Å². The van der Waals surface area contributed by atoms with E-state index in [-0.39, 0.29) is 0 Å². The largest absolute Gasteiger partial charge is 0.483 e. The third-order valence-electron chi connectivity index (χ3n) is 2.03. The molecule has 2 heterocycles. The summed E-state index contributed by atoms with van der Waals surface area (Å²) in [6.07, 6.45) is 2.79. The lowest BCUT2D eigenvalue weighted by molar-refractivity contribution is 0.279. The highest BCUT2D eigenvalue weighted by atomic mass is 16.5. The van der Waals surface area contributed by atoms with Gasteiger partial charge in [-0.05, 0) is 12.1 Å². The minimum absolute atomic E-state index is 0.466. The molecule has 0 spiro atoms. The second kappa shape index (κ2) is 2.32. The van der Waals surface area contributed by atoms with E-state index in [0.717, 1.165) is 17.3 Å². The van der Waals surface area contributed by atoms with Gasteiger partial charge in [-0.15, -0.1) is 10.2 Å². The SMILES string of the molecule is [c]1nnc2n1-c1ccccc1OC2. The van der Waals surface area contributed by atoms with Gasteiger partial charge in [-0.3, -0.25) is 4.57 Å². The third kappa shape index (κ3) is 0.853. The molecule has 2 aromatic rings. The fraction of sp³-hybridized carbons (Fsp3) is 0.111. The smallest absolute Gasteiger partial charge is 0.207 e. The van der Waals surface area contributed by atoms with Crippen LogP contribution in [0.2, 0.25) is 0 Å². The lowest BCUT2D eigenvalue weighted by Crippen LogP contribution is -2.12. The predicted molar refractivity (Wildman–Crippen MR) is 44.5 cm³/mol. The van der Waals surface area contributed by atoms with Crippen molar-refractivity contribution in [3.63, 3.8) is 0 Å². The second-order valence-corrected chi connectivity index (χ2v) is 2.81. The number of rotatable bonds is 0. The van der Waals surface area contributed by atoms with Crippen LogP contribution in [0.5, 0.6) is 5.75 Å². The molecule has 13 heavy (non-hydrogen) atoms. The Balaban J connectivity index is 2.30. The van der Waals surface area contributed by atoms with Gasteiger partial charge in [0.1, 0.15) is 12.4 Å². The molecule has 4 nitrogen and oxygen atoms in total. The summed E-state index contributed by atoms with van der Waals surface area (Å²) in [5, 5.41) is 7.60.